The third-order valence-corrected chi connectivity index (χ3v) is 5.01. The number of hydrogen-bond acceptors (Lipinski definition) is 2. The van der Waals surface area contributed by atoms with Crippen LogP contribution in [-0.2, 0) is 6.54 Å². The summed E-state index contributed by atoms with van der Waals surface area (Å²) in [5.41, 5.74) is 2.86. The number of rotatable bonds is 2. The maximum Gasteiger partial charge on any atom is 0.0453 e. The molecule has 0 spiro atoms. The van der Waals surface area contributed by atoms with Gasteiger partial charge in [0, 0.05) is 36.2 Å². The number of aryl methyl sites for hydroxylation is 1. The third-order valence-electron chi connectivity index (χ3n) is 4.66. The fourth-order valence-corrected chi connectivity index (χ4v) is 3.16. The second-order valence-corrected chi connectivity index (χ2v) is 8.49. The summed E-state index contributed by atoms with van der Waals surface area (Å²) < 4.78 is 0. The molecule has 118 valence electrons. The van der Waals surface area contributed by atoms with Crippen LogP contribution < -0.4 is 5.32 Å². The van der Waals surface area contributed by atoms with E-state index in [2.05, 4.69) is 70.0 Å². The quantitative estimate of drug-likeness (QED) is 0.879. The van der Waals surface area contributed by atoms with Crippen LogP contribution in [0, 0.1) is 12.3 Å². The van der Waals surface area contributed by atoms with Gasteiger partial charge >= 0.3 is 0 Å². The van der Waals surface area contributed by atoms with Crippen LogP contribution in [0.15, 0.2) is 18.2 Å². The van der Waals surface area contributed by atoms with E-state index in [0.717, 1.165) is 24.7 Å². The zero-order chi connectivity index (χ0) is 15.8. The van der Waals surface area contributed by atoms with E-state index >= 15 is 0 Å². The highest BCUT2D eigenvalue weighted by Gasteiger charge is 2.38. The zero-order valence-electron chi connectivity index (χ0n) is 14.3. The predicted octanol–water partition coefficient (Wildman–Crippen LogP) is 4.25. The number of halogens is 1. The molecule has 0 aromatic heterocycles. The molecule has 1 unspecified atom stereocenters. The van der Waals surface area contributed by atoms with Gasteiger partial charge in [-0.05, 0) is 43.4 Å². The summed E-state index contributed by atoms with van der Waals surface area (Å²) in [6.07, 6.45) is 0. The molecule has 1 fully saturated rings. The molecule has 0 saturated carbocycles. The SMILES string of the molecule is Cc1ccc(CN2CC(C(C)(C)C)NCC2(C)C)c(Cl)c1. The van der Waals surface area contributed by atoms with Crippen molar-refractivity contribution in [3.05, 3.63) is 34.3 Å². The van der Waals surface area contributed by atoms with Crippen molar-refractivity contribution in [1.29, 1.82) is 0 Å². The molecule has 0 amide bonds. The Morgan fingerprint density at radius 3 is 2.57 bits per heavy atom. The van der Waals surface area contributed by atoms with E-state index in [-0.39, 0.29) is 11.0 Å². The van der Waals surface area contributed by atoms with Crippen LogP contribution in [-0.4, -0.2) is 29.6 Å². The number of nitrogens with one attached hydrogen (secondary N) is 1. The monoisotopic (exact) mass is 308 g/mol. The summed E-state index contributed by atoms with van der Waals surface area (Å²) >= 11 is 6.43. The Bertz CT molecular complexity index is 502. The molecule has 1 N–H and O–H groups in total. The average molecular weight is 309 g/mol. The Morgan fingerprint density at radius 1 is 1.33 bits per heavy atom. The number of benzene rings is 1. The predicted molar refractivity (Wildman–Crippen MR) is 91.9 cm³/mol. The average Bonchev–Trinajstić information content (AvgIpc) is 2.33. The van der Waals surface area contributed by atoms with E-state index in [9.17, 15) is 0 Å². The maximum absolute atomic E-state index is 6.43. The normalized spacial score (nSPS) is 23.3. The van der Waals surface area contributed by atoms with E-state index in [1.54, 1.807) is 0 Å². The van der Waals surface area contributed by atoms with Gasteiger partial charge in [0.15, 0.2) is 0 Å². The van der Waals surface area contributed by atoms with Crippen LogP contribution in [0.2, 0.25) is 5.02 Å². The molecule has 1 saturated heterocycles. The van der Waals surface area contributed by atoms with E-state index in [4.69, 9.17) is 11.6 Å². The molecule has 1 aromatic carbocycles. The topological polar surface area (TPSA) is 15.3 Å². The number of piperazine rings is 1. The molecule has 2 nitrogen and oxygen atoms in total. The molecule has 0 radical (unpaired) electrons. The smallest absolute Gasteiger partial charge is 0.0453 e. The molecule has 0 aliphatic carbocycles. The molecular weight excluding hydrogens is 280 g/mol. The second kappa shape index (κ2) is 5.91. The van der Waals surface area contributed by atoms with Crippen molar-refractivity contribution in [3.63, 3.8) is 0 Å². The standard InChI is InChI=1S/C18H29ClN2/c1-13-7-8-14(15(19)9-13)10-21-11-16(17(2,3)4)20-12-18(21,5)6/h7-9,16,20H,10-12H2,1-6H3. The van der Waals surface area contributed by atoms with E-state index < -0.39 is 0 Å². The van der Waals surface area contributed by atoms with Crippen molar-refractivity contribution in [2.45, 2.75) is 59.7 Å². The Kier molecular flexibility index (Phi) is 4.72. The first-order valence-electron chi connectivity index (χ1n) is 7.83. The van der Waals surface area contributed by atoms with Gasteiger partial charge in [-0.3, -0.25) is 4.90 Å². The summed E-state index contributed by atoms with van der Waals surface area (Å²) in [6, 6.07) is 6.89. The first-order valence-corrected chi connectivity index (χ1v) is 8.21. The number of nitrogens with zero attached hydrogens (tertiary/aromatic N) is 1. The molecule has 21 heavy (non-hydrogen) atoms. The van der Waals surface area contributed by atoms with Gasteiger partial charge in [0.2, 0.25) is 0 Å². The summed E-state index contributed by atoms with van der Waals surface area (Å²) in [4.78, 5) is 2.57. The molecule has 0 bridgehead atoms. The minimum absolute atomic E-state index is 0.149. The highest BCUT2D eigenvalue weighted by Crippen LogP contribution is 2.30. The first-order chi connectivity index (χ1) is 9.59. The molecule has 1 atom stereocenters. The van der Waals surface area contributed by atoms with Gasteiger partial charge in [0.05, 0.1) is 0 Å². The molecule has 1 aliphatic rings. The lowest BCUT2D eigenvalue weighted by Crippen LogP contribution is -2.64. The van der Waals surface area contributed by atoms with Crippen LogP contribution in [0.1, 0.15) is 45.7 Å². The summed E-state index contributed by atoms with van der Waals surface area (Å²) in [7, 11) is 0. The minimum Gasteiger partial charge on any atom is -0.310 e. The van der Waals surface area contributed by atoms with E-state index in [1.165, 1.54) is 11.1 Å². The Labute approximate surface area is 134 Å². The van der Waals surface area contributed by atoms with Crippen LogP contribution >= 0.6 is 11.6 Å². The summed E-state index contributed by atoms with van der Waals surface area (Å²) in [6.45, 7) is 16.6. The highest BCUT2D eigenvalue weighted by atomic mass is 35.5. The summed E-state index contributed by atoms with van der Waals surface area (Å²) in [5.74, 6) is 0. The molecular formula is C18H29ClN2. The van der Waals surface area contributed by atoms with Crippen LogP contribution in [0.4, 0.5) is 0 Å². The van der Waals surface area contributed by atoms with Crippen LogP contribution in [0.25, 0.3) is 0 Å². The van der Waals surface area contributed by atoms with Gasteiger partial charge in [0.25, 0.3) is 0 Å². The van der Waals surface area contributed by atoms with Crippen molar-refractivity contribution in [2.24, 2.45) is 5.41 Å². The van der Waals surface area contributed by atoms with Gasteiger partial charge in [-0.2, -0.15) is 0 Å². The Balaban J connectivity index is 2.18. The van der Waals surface area contributed by atoms with Gasteiger partial charge in [-0.15, -0.1) is 0 Å². The number of hydrogen-bond donors (Lipinski definition) is 1. The van der Waals surface area contributed by atoms with Crippen molar-refractivity contribution in [3.8, 4) is 0 Å². The molecule has 1 aliphatic heterocycles. The first kappa shape index (κ1) is 16.8. The van der Waals surface area contributed by atoms with Crippen molar-refractivity contribution >= 4 is 11.6 Å². The van der Waals surface area contributed by atoms with E-state index in [1.807, 2.05) is 0 Å². The maximum atomic E-state index is 6.43. The minimum atomic E-state index is 0.149. The molecule has 1 heterocycles. The molecule has 1 aromatic rings. The molecule has 2 rings (SSSR count). The lowest BCUT2D eigenvalue weighted by atomic mass is 9.82. The van der Waals surface area contributed by atoms with Gasteiger partial charge in [-0.1, -0.05) is 44.5 Å². The third kappa shape index (κ3) is 4.00. The Hall–Kier alpha value is -0.570. The van der Waals surface area contributed by atoms with Crippen molar-refractivity contribution in [1.82, 2.24) is 10.2 Å². The Morgan fingerprint density at radius 2 is 2.00 bits per heavy atom. The zero-order valence-corrected chi connectivity index (χ0v) is 15.0. The van der Waals surface area contributed by atoms with Crippen LogP contribution in [0.5, 0.6) is 0 Å². The lowest BCUT2D eigenvalue weighted by Gasteiger charge is -2.49. The lowest BCUT2D eigenvalue weighted by molar-refractivity contribution is 0.0296. The van der Waals surface area contributed by atoms with Crippen molar-refractivity contribution in [2.75, 3.05) is 13.1 Å². The largest absolute Gasteiger partial charge is 0.310 e. The van der Waals surface area contributed by atoms with Crippen LogP contribution in [0.3, 0.4) is 0 Å². The van der Waals surface area contributed by atoms with Gasteiger partial charge in [-0.25, -0.2) is 0 Å². The van der Waals surface area contributed by atoms with E-state index in [0.29, 0.717) is 6.04 Å². The fraction of sp³-hybridized carbons (Fsp3) is 0.667. The summed E-state index contributed by atoms with van der Waals surface area (Å²) in [5, 5.41) is 4.60. The van der Waals surface area contributed by atoms with Gasteiger partial charge < -0.3 is 5.32 Å². The highest BCUT2D eigenvalue weighted by molar-refractivity contribution is 6.31. The fourth-order valence-electron chi connectivity index (χ4n) is 2.86. The van der Waals surface area contributed by atoms with Gasteiger partial charge in [0.1, 0.15) is 0 Å². The van der Waals surface area contributed by atoms with Crippen molar-refractivity contribution < 1.29 is 0 Å². The molecule has 3 heteroatoms. The second-order valence-electron chi connectivity index (χ2n) is 8.09.